The first-order valence-corrected chi connectivity index (χ1v) is 10.9. The standard InChI is InChI=1S/C14H24N5O2.C8H9Cl.U/c1-15-13-16-5-2-11(18-13)19-6-3-14(4-7-19)8-10(12(20)21)17-9-14;1-2-7-3-5-8(9)6-4-7;/h2,10,12-13,15-17,20-21H,3-4,6-9H2,1H3;2-6,9H,1H3;/q-1;;+2/t10-,13?;;/m0../s1. The van der Waals surface area contributed by atoms with Gasteiger partial charge in [0.15, 0.2) is 6.29 Å². The van der Waals surface area contributed by atoms with E-state index in [9.17, 15) is 10.2 Å². The van der Waals surface area contributed by atoms with Crippen LogP contribution in [0.5, 0.6) is 0 Å². The third-order valence-corrected chi connectivity index (χ3v) is 6.34. The van der Waals surface area contributed by atoms with Crippen LogP contribution in [0.2, 0.25) is 5.02 Å². The third-order valence-electron chi connectivity index (χ3n) is 6.07. The van der Waals surface area contributed by atoms with Crippen molar-refractivity contribution in [2.45, 2.75) is 44.8 Å². The minimum absolute atomic E-state index is 0. The summed E-state index contributed by atoms with van der Waals surface area (Å²) in [6.45, 7) is 4.78. The van der Waals surface area contributed by atoms with Gasteiger partial charge in [0.05, 0.1) is 6.04 Å². The van der Waals surface area contributed by atoms with E-state index in [1.54, 1.807) is 0 Å². The molecule has 0 bridgehead atoms. The number of aliphatic imine (C=N–C) groups is 1. The molecule has 0 radical (unpaired) electrons. The van der Waals surface area contributed by atoms with Crippen LogP contribution in [0.4, 0.5) is 0 Å². The molecule has 0 aromatic heterocycles. The average Bonchev–Trinajstić information content (AvgIpc) is 3.19. The summed E-state index contributed by atoms with van der Waals surface area (Å²) in [4.78, 5) is 6.87. The maximum Gasteiger partial charge on any atom is 2.00 e. The van der Waals surface area contributed by atoms with Crippen LogP contribution in [0.1, 0.15) is 31.7 Å². The molecule has 9 heteroatoms. The Kier molecular flexibility index (Phi) is 10.7. The van der Waals surface area contributed by atoms with Crippen LogP contribution < -0.4 is 16.0 Å². The van der Waals surface area contributed by atoms with Crippen LogP contribution in [-0.4, -0.2) is 66.3 Å². The minimum Gasteiger partial charge on any atom is -0.446 e. The van der Waals surface area contributed by atoms with Crippen LogP contribution in [0.3, 0.4) is 0 Å². The van der Waals surface area contributed by atoms with E-state index in [1.165, 1.54) is 5.56 Å². The van der Waals surface area contributed by atoms with Gasteiger partial charge in [-0.1, -0.05) is 19.1 Å². The summed E-state index contributed by atoms with van der Waals surface area (Å²) in [6.07, 6.45) is 8.54. The van der Waals surface area contributed by atoms with E-state index in [1.807, 2.05) is 44.3 Å². The van der Waals surface area contributed by atoms with Gasteiger partial charge in [0, 0.05) is 19.6 Å². The normalized spacial score (nSPS) is 24.1. The Morgan fingerprint density at radius 3 is 2.52 bits per heavy atom. The summed E-state index contributed by atoms with van der Waals surface area (Å²) in [5.41, 5.74) is 1.43. The fourth-order valence-electron chi connectivity index (χ4n) is 4.12. The third kappa shape index (κ3) is 7.40. The van der Waals surface area contributed by atoms with Crippen molar-refractivity contribution in [3.8, 4) is 0 Å². The molecule has 4 rings (SSSR count). The zero-order valence-electron chi connectivity index (χ0n) is 18.1. The molecule has 31 heavy (non-hydrogen) atoms. The van der Waals surface area contributed by atoms with E-state index in [2.05, 4.69) is 38.5 Å². The Morgan fingerprint density at radius 1 is 1.29 bits per heavy atom. The molecule has 2 saturated heterocycles. The quantitative estimate of drug-likeness (QED) is 0.238. The van der Waals surface area contributed by atoms with Crippen molar-refractivity contribution in [2.24, 2.45) is 10.4 Å². The van der Waals surface area contributed by atoms with Crippen LogP contribution in [0.25, 0.3) is 0 Å². The van der Waals surface area contributed by atoms with Gasteiger partial charge in [0.2, 0.25) is 5.02 Å². The molecule has 3 aliphatic rings. The van der Waals surface area contributed by atoms with Crippen molar-refractivity contribution in [1.82, 2.24) is 20.9 Å². The molecule has 2 fully saturated rings. The molecule has 7 nitrogen and oxygen atoms in total. The van der Waals surface area contributed by atoms with Crippen molar-refractivity contribution in [3.63, 3.8) is 0 Å². The number of piperidine rings is 1. The molecule has 1 aromatic rings. The number of hydrogen-bond donors (Lipinski definition) is 5. The van der Waals surface area contributed by atoms with Crippen molar-refractivity contribution < 1.29 is 52.9 Å². The van der Waals surface area contributed by atoms with Crippen LogP contribution >= 0.6 is 0 Å². The Labute approximate surface area is 214 Å². The van der Waals surface area contributed by atoms with Gasteiger partial charge in [0.25, 0.3) is 0 Å². The number of halogens is 1. The van der Waals surface area contributed by atoms with Crippen LogP contribution in [-0.2, 0) is 0 Å². The number of rotatable bonds is 3. The number of benzene rings is 1. The predicted molar refractivity (Wildman–Crippen MR) is 115 cm³/mol. The summed E-state index contributed by atoms with van der Waals surface area (Å²) in [7, 11) is 1.86. The van der Waals surface area contributed by atoms with Gasteiger partial charge >= 0.3 is 31.1 Å². The number of likely N-dealkylation sites (tertiary alicyclic amines) is 1. The monoisotopic (exact) mass is 672 g/mol. The first-order chi connectivity index (χ1) is 14.4. The topological polar surface area (TPSA) is 92.2 Å². The molecule has 0 saturated carbocycles. The summed E-state index contributed by atoms with van der Waals surface area (Å²) in [5, 5.41) is 28.8. The number of aliphatic hydroxyl groups is 2. The van der Waals surface area contributed by atoms with Gasteiger partial charge in [-0.25, -0.2) is 0 Å². The molecular formula is C22H33ClN5O2U+. The zero-order chi connectivity index (χ0) is 21.6. The second-order valence-corrected chi connectivity index (χ2v) is 8.53. The molecular weight excluding hydrogens is 640 g/mol. The smallest absolute Gasteiger partial charge is 0.446 e. The molecule has 3 aliphatic heterocycles. The zero-order valence-corrected chi connectivity index (χ0v) is 23.1. The second kappa shape index (κ2) is 12.5. The molecule has 0 amide bonds. The van der Waals surface area contributed by atoms with E-state index in [0.717, 1.165) is 49.8 Å². The van der Waals surface area contributed by atoms with E-state index in [0.29, 0.717) is 0 Å². The van der Waals surface area contributed by atoms with Gasteiger partial charge in [-0.05, 0) is 37.6 Å². The van der Waals surface area contributed by atoms with Crippen molar-refractivity contribution in [1.29, 1.82) is 0 Å². The van der Waals surface area contributed by atoms with Crippen LogP contribution in [0, 0.1) is 60.7 Å². The number of nitrogens with zero attached hydrogens (tertiary/aromatic N) is 2. The molecule has 1 unspecified atom stereocenters. The number of nitrogens with one attached hydrogen (secondary N) is 3. The fraction of sp³-hybridized carbons (Fsp3) is 0.545. The Morgan fingerprint density at radius 2 is 1.97 bits per heavy atom. The van der Waals surface area contributed by atoms with Gasteiger partial charge in [-0.2, -0.15) is 36.4 Å². The second-order valence-electron chi connectivity index (χ2n) is 8.06. The van der Waals surface area contributed by atoms with Crippen LogP contribution in [0.15, 0.2) is 35.3 Å². The summed E-state index contributed by atoms with van der Waals surface area (Å²) < 4.78 is 0. The largest absolute Gasteiger partial charge is 2.00 e. The Bertz CT molecular complexity index is 736. The first-order valence-electron chi connectivity index (χ1n) is 10.4. The van der Waals surface area contributed by atoms with Crippen molar-refractivity contribution in [2.75, 3.05) is 26.7 Å². The molecule has 168 valence electrons. The molecule has 2 atom stereocenters. The van der Waals surface area contributed by atoms with E-state index in [-0.39, 0.29) is 48.9 Å². The number of hydrogen-bond acceptors (Lipinski definition) is 7. The molecule has 1 spiro atoms. The molecule has 0 aliphatic carbocycles. The van der Waals surface area contributed by atoms with Gasteiger partial charge in [0.1, 0.15) is 17.9 Å². The van der Waals surface area contributed by atoms with Gasteiger partial charge in [-0.15, -0.1) is 0 Å². The van der Waals surface area contributed by atoms with E-state index >= 15 is 0 Å². The number of amidine groups is 1. The molecule has 5 N–H and O–H groups in total. The van der Waals surface area contributed by atoms with E-state index < -0.39 is 6.29 Å². The van der Waals surface area contributed by atoms with Crippen molar-refractivity contribution in [3.05, 3.63) is 53.5 Å². The summed E-state index contributed by atoms with van der Waals surface area (Å²) >= 11 is 4.91. The molecule has 3 heterocycles. The average molecular weight is 673 g/mol. The Hall–Kier alpha value is -0.718. The maximum atomic E-state index is 9.31. The van der Waals surface area contributed by atoms with Gasteiger partial charge in [-0.3, -0.25) is 5.32 Å². The summed E-state index contributed by atoms with van der Waals surface area (Å²) in [6, 6.07) is 7.72. The van der Waals surface area contributed by atoms with E-state index in [4.69, 9.17) is 11.6 Å². The number of aliphatic hydroxyl groups excluding tert-OH is 1. The summed E-state index contributed by atoms with van der Waals surface area (Å²) in [5.74, 6) is 0.965. The van der Waals surface area contributed by atoms with Gasteiger partial charge < -0.3 is 30.7 Å². The first kappa shape index (κ1) is 26.5. The Balaban J connectivity index is 0.000000289. The fourth-order valence-corrected chi connectivity index (χ4v) is 4.25. The SMILES string of the molecule is CNC1N=C(N2CCC3(CC2)CN[C@H](C(O)O)C3)C=[C-]N1.C[CH-]c1ccc([ClH+])cc1.[U+2]. The maximum absolute atomic E-state index is 9.31. The minimum atomic E-state index is -1.26. The van der Waals surface area contributed by atoms with Crippen molar-refractivity contribution >= 4 is 5.84 Å². The predicted octanol–water partition coefficient (Wildman–Crippen LogP) is 0.518. The molecule has 1 aromatic carbocycles.